The van der Waals surface area contributed by atoms with E-state index < -0.39 is 5.97 Å². The molecule has 100 valence electrons. The van der Waals surface area contributed by atoms with Gasteiger partial charge in [-0.3, -0.25) is 0 Å². The second kappa shape index (κ2) is 6.35. The fourth-order valence-electron chi connectivity index (χ4n) is 1.80. The van der Waals surface area contributed by atoms with Gasteiger partial charge in [0.15, 0.2) is 0 Å². The number of aliphatic hydroxyl groups is 1. The number of pyridine rings is 1. The SMILES string of the molecule is CCC(O)CCNc1nc(C)cc(C)c1C(=O)O. The van der Waals surface area contributed by atoms with Crippen LogP contribution < -0.4 is 5.32 Å². The van der Waals surface area contributed by atoms with E-state index in [1.54, 1.807) is 13.0 Å². The fraction of sp³-hybridized carbons (Fsp3) is 0.538. The van der Waals surface area contributed by atoms with E-state index in [9.17, 15) is 9.90 Å². The Bertz CT molecular complexity index is 432. The topological polar surface area (TPSA) is 82.5 Å². The molecule has 1 aromatic heterocycles. The monoisotopic (exact) mass is 252 g/mol. The standard InChI is InChI=1S/C13H20N2O3/c1-4-10(16)5-6-14-12-11(13(17)18)8(2)7-9(3)15-12/h7,10,16H,4-6H2,1-3H3,(H,14,15)(H,17,18). The summed E-state index contributed by atoms with van der Waals surface area (Å²) in [5.41, 5.74) is 1.66. The van der Waals surface area contributed by atoms with Gasteiger partial charge >= 0.3 is 5.97 Å². The van der Waals surface area contributed by atoms with Crippen molar-refractivity contribution in [2.45, 2.75) is 39.7 Å². The van der Waals surface area contributed by atoms with E-state index in [4.69, 9.17) is 5.11 Å². The number of aromatic nitrogens is 1. The van der Waals surface area contributed by atoms with Crippen LogP contribution >= 0.6 is 0 Å². The molecule has 0 amide bonds. The number of rotatable bonds is 6. The highest BCUT2D eigenvalue weighted by atomic mass is 16.4. The molecule has 0 fully saturated rings. The van der Waals surface area contributed by atoms with Gasteiger partial charge in [-0.2, -0.15) is 0 Å². The third-order valence-corrected chi connectivity index (χ3v) is 2.80. The van der Waals surface area contributed by atoms with Gasteiger partial charge in [-0.15, -0.1) is 0 Å². The molecule has 5 nitrogen and oxygen atoms in total. The molecule has 1 heterocycles. The van der Waals surface area contributed by atoms with Gasteiger partial charge in [-0.05, 0) is 38.3 Å². The van der Waals surface area contributed by atoms with E-state index in [1.807, 2.05) is 13.8 Å². The summed E-state index contributed by atoms with van der Waals surface area (Å²) in [5.74, 6) is -0.609. The Morgan fingerprint density at radius 1 is 1.50 bits per heavy atom. The molecular formula is C13H20N2O3. The van der Waals surface area contributed by atoms with Crippen LogP contribution in [0.1, 0.15) is 41.4 Å². The summed E-state index contributed by atoms with van der Waals surface area (Å²) in [5, 5.41) is 21.6. The number of carboxylic acid groups (broad SMARTS) is 1. The first-order chi connectivity index (χ1) is 8.45. The lowest BCUT2D eigenvalue weighted by atomic mass is 10.1. The molecule has 0 aliphatic rings. The zero-order valence-electron chi connectivity index (χ0n) is 11.0. The molecule has 0 aliphatic carbocycles. The van der Waals surface area contributed by atoms with Crippen molar-refractivity contribution in [3.8, 4) is 0 Å². The quantitative estimate of drug-likeness (QED) is 0.721. The zero-order chi connectivity index (χ0) is 13.7. The summed E-state index contributed by atoms with van der Waals surface area (Å²) in [6.07, 6.45) is 0.898. The average Bonchev–Trinajstić information content (AvgIpc) is 2.27. The minimum absolute atomic E-state index is 0.201. The minimum Gasteiger partial charge on any atom is -0.478 e. The van der Waals surface area contributed by atoms with Gasteiger partial charge in [0.05, 0.1) is 6.10 Å². The molecule has 18 heavy (non-hydrogen) atoms. The van der Waals surface area contributed by atoms with Crippen molar-refractivity contribution in [1.82, 2.24) is 4.98 Å². The lowest BCUT2D eigenvalue weighted by Crippen LogP contribution is -2.16. The third kappa shape index (κ3) is 3.70. The number of carboxylic acids is 1. The average molecular weight is 252 g/mol. The van der Waals surface area contributed by atoms with E-state index in [0.717, 1.165) is 5.69 Å². The van der Waals surface area contributed by atoms with Crippen LogP contribution in [-0.4, -0.2) is 33.8 Å². The Labute approximate surface area is 107 Å². The minimum atomic E-state index is -0.987. The molecule has 0 saturated carbocycles. The molecule has 1 rings (SSSR count). The van der Waals surface area contributed by atoms with Crippen molar-refractivity contribution < 1.29 is 15.0 Å². The lowest BCUT2D eigenvalue weighted by molar-refractivity contribution is 0.0697. The van der Waals surface area contributed by atoms with Crippen molar-refractivity contribution in [1.29, 1.82) is 0 Å². The van der Waals surface area contributed by atoms with E-state index in [0.29, 0.717) is 30.8 Å². The Morgan fingerprint density at radius 2 is 2.17 bits per heavy atom. The number of hydrogen-bond acceptors (Lipinski definition) is 4. The van der Waals surface area contributed by atoms with Gasteiger partial charge < -0.3 is 15.5 Å². The summed E-state index contributed by atoms with van der Waals surface area (Å²) in [6.45, 7) is 5.99. The first kappa shape index (κ1) is 14.4. The maximum absolute atomic E-state index is 11.2. The number of nitrogens with one attached hydrogen (secondary N) is 1. The maximum atomic E-state index is 11.2. The highest BCUT2D eigenvalue weighted by Crippen LogP contribution is 2.18. The van der Waals surface area contributed by atoms with Gasteiger partial charge in [0, 0.05) is 12.2 Å². The van der Waals surface area contributed by atoms with Gasteiger partial charge in [0.1, 0.15) is 11.4 Å². The largest absolute Gasteiger partial charge is 0.478 e. The van der Waals surface area contributed by atoms with Crippen molar-refractivity contribution in [2.75, 3.05) is 11.9 Å². The number of anilines is 1. The van der Waals surface area contributed by atoms with Crippen molar-refractivity contribution >= 4 is 11.8 Å². The Kier molecular flexibility index (Phi) is 5.09. The molecule has 0 aliphatic heterocycles. The fourth-order valence-corrected chi connectivity index (χ4v) is 1.80. The van der Waals surface area contributed by atoms with Gasteiger partial charge in [0.2, 0.25) is 0 Å². The number of hydrogen-bond donors (Lipinski definition) is 3. The second-order valence-electron chi connectivity index (χ2n) is 4.39. The summed E-state index contributed by atoms with van der Waals surface area (Å²) >= 11 is 0. The molecule has 0 radical (unpaired) electrons. The second-order valence-corrected chi connectivity index (χ2v) is 4.39. The summed E-state index contributed by atoms with van der Waals surface area (Å²) < 4.78 is 0. The Hall–Kier alpha value is -1.62. The third-order valence-electron chi connectivity index (χ3n) is 2.80. The summed E-state index contributed by atoms with van der Waals surface area (Å²) in [6, 6.07) is 1.75. The van der Waals surface area contributed by atoms with E-state index in [1.165, 1.54) is 0 Å². The Morgan fingerprint density at radius 3 is 2.72 bits per heavy atom. The molecule has 0 saturated heterocycles. The Balaban J connectivity index is 2.83. The van der Waals surface area contributed by atoms with Crippen LogP contribution in [0.25, 0.3) is 0 Å². The van der Waals surface area contributed by atoms with E-state index in [-0.39, 0.29) is 11.7 Å². The van der Waals surface area contributed by atoms with Crippen molar-refractivity contribution in [3.05, 3.63) is 22.9 Å². The molecule has 0 aromatic carbocycles. The number of aliphatic hydroxyl groups excluding tert-OH is 1. The van der Waals surface area contributed by atoms with Crippen LogP contribution in [0.3, 0.4) is 0 Å². The first-order valence-corrected chi connectivity index (χ1v) is 6.09. The summed E-state index contributed by atoms with van der Waals surface area (Å²) in [4.78, 5) is 15.4. The molecule has 0 bridgehead atoms. The van der Waals surface area contributed by atoms with Gasteiger partial charge in [-0.1, -0.05) is 6.92 Å². The molecule has 5 heteroatoms. The van der Waals surface area contributed by atoms with E-state index >= 15 is 0 Å². The molecule has 0 spiro atoms. The van der Waals surface area contributed by atoms with Crippen LogP contribution in [0.15, 0.2) is 6.07 Å². The molecular weight excluding hydrogens is 232 g/mol. The van der Waals surface area contributed by atoms with Crippen LogP contribution in [0, 0.1) is 13.8 Å². The maximum Gasteiger partial charge on any atom is 0.339 e. The summed E-state index contributed by atoms with van der Waals surface area (Å²) in [7, 11) is 0. The molecule has 3 N–H and O–H groups in total. The highest BCUT2D eigenvalue weighted by molar-refractivity contribution is 5.94. The van der Waals surface area contributed by atoms with Gasteiger partial charge in [-0.25, -0.2) is 9.78 Å². The predicted octanol–water partition coefficient (Wildman–Crippen LogP) is 1.97. The number of carbonyl (C=O) groups is 1. The highest BCUT2D eigenvalue weighted by Gasteiger charge is 2.15. The van der Waals surface area contributed by atoms with E-state index in [2.05, 4.69) is 10.3 Å². The van der Waals surface area contributed by atoms with Crippen LogP contribution in [-0.2, 0) is 0 Å². The van der Waals surface area contributed by atoms with Crippen LogP contribution in [0.4, 0.5) is 5.82 Å². The predicted molar refractivity (Wildman–Crippen MR) is 70.1 cm³/mol. The molecule has 1 aromatic rings. The smallest absolute Gasteiger partial charge is 0.339 e. The lowest BCUT2D eigenvalue weighted by Gasteiger charge is -2.13. The zero-order valence-corrected chi connectivity index (χ0v) is 11.0. The first-order valence-electron chi connectivity index (χ1n) is 6.09. The van der Waals surface area contributed by atoms with Crippen molar-refractivity contribution in [3.63, 3.8) is 0 Å². The number of nitrogens with zero attached hydrogens (tertiary/aromatic N) is 1. The van der Waals surface area contributed by atoms with Crippen LogP contribution in [0.5, 0.6) is 0 Å². The molecule has 1 atom stereocenters. The normalized spacial score (nSPS) is 12.2. The van der Waals surface area contributed by atoms with Crippen molar-refractivity contribution in [2.24, 2.45) is 0 Å². The molecule has 1 unspecified atom stereocenters. The van der Waals surface area contributed by atoms with Crippen LogP contribution in [0.2, 0.25) is 0 Å². The number of aromatic carboxylic acids is 1. The van der Waals surface area contributed by atoms with Gasteiger partial charge in [0.25, 0.3) is 0 Å². The number of aryl methyl sites for hydroxylation is 2.